The van der Waals surface area contributed by atoms with Gasteiger partial charge in [0.05, 0.1) is 12.2 Å². The lowest BCUT2D eigenvalue weighted by atomic mass is 10.2. The fraction of sp³-hybridized carbons (Fsp3) is 0.857. The van der Waals surface area contributed by atoms with E-state index in [4.69, 9.17) is 14.9 Å². The van der Waals surface area contributed by atoms with Gasteiger partial charge in [-0.2, -0.15) is 0 Å². The lowest BCUT2D eigenvalue weighted by Crippen LogP contribution is -2.31. The maximum atomic E-state index is 10.1. The van der Waals surface area contributed by atoms with Gasteiger partial charge < -0.3 is 14.9 Å². The van der Waals surface area contributed by atoms with E-state index in [1.165, 1.54) is 0 Å². The minimum absolute atomic E-state index is 0.168. The second-order valence-electron chi connectivity index (χ2n) is 3.28. The average molecular weight is 162 g/mol. The molecule has 1 atom stereocenters. The molecule has 0 saturated carbocycles. The quantitative estimate of drug-likeness (QED) is 0.624. The number of carbonyl (C=O) groups is 1. The summed E-state index contributed by atoms with van der Waals surface area (Å²) < 4.78 is 5.02. The molecule has 0 rings (SSSR count). The third-order valence-electron chi connectivity index (χ3n) is 0.959. The van der Waals surface area contributed by atoms with Crippen LogP contribution in [0.4, 0.5) is 0 Å². The van der Waals surface area contributed by atoms with Crippen LogP contribution in [0.3, 0.4) is 0 Å². The minimum atomic E-state index is -1.42. The Morgan fingerprint density at radius 3 is 2.27 bits per heavy atom. The molecule has 0 heterocycles. The molecule has 66 valence electrons. The molecule has 0 spiro atoms. The fourth-order valence-electron chi connectivity index (χ4n) is 0.400. The Morgan fingerprint density at radius 2 is 2.00 bits per heavy atom. The van der Waals surface area contributed by atoms with Crippen molar-refractivity contribution in [3.8, 4) is 0 Å². The molecule has 2 N–H and O–H groups in total. The summed E-state index contributed by atoms with van der Waals surface area (Å²) in [5.74, 6) is -1.26. The van der Waals surface area contributed by atoms with E-state index >= 15 is 0 Å². The molecule has 0 bridgehead atoms. The van der Waals surface area contributed by atoms with Crippen molar-refractivity contribution in [1.82, 2.24) is 0 Å². The SMILES string of the molecule is CC(C)(C)OC[C@@H](O)C(=O)O. The van der Waals surface area contributed by atoms with Crippen LogP contribution in [-0.4, -0.2) is 34.5 Å². The number of aliphatic carboxylic acids is 1. The van der Waals surface area contributed by atoms with Crippen molar-refractivity contribution < 1.29 is 19.7 Å². The van der Waals surface area contributed by atoms with E-state index in [9.17, 15) is 4.79 Å². The predicted octanol–water partition coefficient (Wildman–Crippen LogP) is 0.247. The van der Waals surface area contributed by atoms with E-state index in [2.05, 4.69) is 0 Å². The monoisotopic (exact) mass is 162 g/mol. The number of aliphatic hydroxyl groups excluding tert-OH is 1. The van der Waals surface area contributed by atoms with Gasteiger partial charge in [-0.3, -0.25) is 0 Å². The van der Waals surface area contributed by atoms with E-state index in [0.29, 0.717) is 0 Å². The molecule has 0 aromatic heterocycles. The van der Waals surface area contributed by atoms with Gasteiger partial charge in [0.15, 0.2) is 6.10 Å². The molecule has 0 aromatic rings. The van der Waals surface area contributed by atoms with E-state index in [-0.39, 0.29) is 6.61 Å². The molecule has 0 saturated heterocycles. The van der Waals surface area contributed by atoms with Gasteiger partial charge in [-0.05, 0) is 20.8 Å². The first-order valence-corrected chi connectivity index (χ1v) is 3.38. The van der Waals surface area contributed by atoms with Crippen molar-refractivity contribution in [2.24, 2.45) is 0 Å². The highest BCUT2D eigenvalue weighted by molar-refractivity contribution is 5.71. The van der Waals surface area contributed by atoms with Crippen molar-refractivity contribution in [2.75, 3.05) is 6.61 Å². The van der Waals surface area contributed by atoms with E-state index in [0.717, 1.165) is 0 Å². The van der Waals surface area contributed by atoms with E-state index in [1.807, 2.05) is 0 Å². The van der Waals surface area contributed by atoms with Crippen LogP contribution in [0.2, 0.25) is 0 Å². The molecular formula is C7H14O4. The van der Waals surface area contributed by atoms with Crippen LogP contribution in [-0.2, 0) is 9.53 Å². The van der Waals surface area contributed by atoms with Crippen molar-refractivity contribution >= 4 is 5.97 Å². The zero-order valence-corrected chi connectivity index (χ0v) is 7.00. The molecule has 0 unspecified atom stereocenters. The predicted molar refractivity (Wildman–Crippen MR) is 39.3 cm³/mol. The van der Waals surface area contributed by atoms with Gasteiger partial charge in [0, 0.05) is 0 Å². The highest BCUT2D eigenvalue weighted by Crippen LogP contribution is 2.06. The number of carboxylic acids is 1. The first-order valence-electron chi connectivity index (χ1n) is 3.38. The Bertz CT molecular complexity index is 136. The van der Waals surface area contributed by atoms with Crippen molar-refractivity contribution in [3.05, 3.63) is 0 Å². The van der Waals surface area contributed by atoms with Crippen LogP contribution < -0.4 is 0 Å². The summed E-state index contributed by atoms with van der Waals surface area (Å²) in [6.07, 6.45) is -1.42. The summed E-state index contributed by atoms with van der Waals surface area (Å²) in [5, 5.41) is 17.0. The number of ether oxygens (including phenoxy) is 1. The highest BCUT2D eigenvalue weighted by atomic mass is 16.5. The van der Waals surface area contributed by atoms with Gasteiger partial charge in [0.25, 0.3) is 0 Å². The standard InChI is InChI=1S/C7H14O4/c1-7(2,3)11-4-5(8)6(9)10/h5,8H,4H2,1-3H3,(H,9,10)/t5-/m1/s1. The van der Waals surface area contributed by atoms with Crippen molar-refractivity contribution in [2.45, 2.75) is 32.5 Å². The zero-order valence-electron chi connectivity index (χ0n) is 7.00. The summed E-state index contributed by atoms with van der Waals surface area (Å²) in [6.45, 7) is 5.21. The van der Waals surface area contributed by atoms with Crippen LogP contribution in [0.5, 0.6) is 0 Å². The Hall–Kier alpha value is -0.610. The second-order valence-corrected chi connectivity index (χ2v) is 3.28. The Labute approximate surface area is 65.8 Å². The van der Waals surface area contributed by atoms with Crippen molar-refractivity contribution in [3.63, 3.8) is 0 Å². The van der Waals surface area contributed by atoms with Gasteiger partial charge in [-0.1, -0.05) is 0 Å². The molecule has 0 fully saturated rings. The minimum Gasteiger partial charge on any atom is -0.479 e. The van der Waals surface area contributed by atoms with Crippen LogP contribution in [0.15, 0.2) is 0 Å². The van der Waals surface area contributed by atoms with Crippen LogP contribution >= 0.6 is 0 Å². The van der Waals surface area contributed by atoms with Crippen LogP contribution in [0, 0.1) is 0 Å². The second kappa shape index (κ2) is 3.69. The Balaban J connectivity index is 3.63. The normalized spacial score (nSPS) is 14.5. The zero-order chi connectivity index (χ0) is 9.07. The smallest absolute Gasteiger partial charge is 0.334 e. The van der Waals surface area contributed by atoms with Gasteiger partial charge in [0.2, 0.25) is 0 Å². The largest absolute Gasteiger partial charge is 0.479 e. The van der Waals surface area contributed by atoms with Crippen LogP contribution in [0.25, 0.3) is 0 Å². The molecule has 4 heteroatoms. The number of aliphatic hydroxyl groups is 1. The molecule has 4 nitrogen and oxygen atoms in total. The van der Waals surface area contributed by atoms with Crippen LogP contribution in [0.1, 0.15) is 20.8 Å². The highest BCUT2D eigenvalue weighted by Gasteiger charge is 2.17. The summed E-state index contributed by atoms with van der Waals surface area (Å²) in [5.41, 5.74) is -0.406. The first-order chi connectivity index (χ1) is 4.83. The summed E-state index contributed by atoms with van der Waals surface area (Å²) in [7, 11) is 0. The molecule has 0 amide bonds. The molecule has 11 heavy (non-hydrogen) atoms. The molecule has 0 radical (unpaired) electrons. The topological polar surface area (TPSA) is 66.8 Å². The molecule has 0 aliphatic carbocycles. The number of hydrogen-bond acceptors (Lipinski definition) is 3. The van der Waals surface area contributed by atoms with Gasteiger partial charge in [0.1, 0.15) is 0 Å². The first kappa shape index (κ1) is 10.4. The maximum absolute atomic E-state index is 10.1. The number of hydrogen-bond donors (Lipinski definition) is 2. The number of carboxylic acid groups (broad SMARTS) is 1. The fourth-order valence-corrected chi connectivity index (χ4v) is 0.400. The maximum Gasteiger partial charge on any atom is 0.334 e. The Kier molecular flexibility index (Phi) is 3.48. The third-order valence-corrected chi connectivity index (χ3v) is 0.959. The van der Waals surface area contributed by atoms with E-state index in [1.54, 1.807) is 20.8 Å². The number of rotatable bonds is 3. The van der Waals surface area contributed by atoms with Gasteiger partial charge >= 0.3 is 5.97 Å². The van der Waals surface area contributed by atoms with E-state index < -0.39 is 17.7 Å². The summed E-state index contributed by atoms with van der Waals surface area (Å²) >= 11 is 0. The third kappa shape index (κ3) is 5.82. The van der Waals surface area contributed by atoms with Gasteiger partial charge in [-0.25, -0.2) is 4.79 Å². The average Bonchev–Trinajstić information content (AvgIpc) is 1.80. The summed E-state index contributed by atoms with van der Waals surface area (Å²) in [6, 6.07) is 0. The molecular weight excluding hydrogens is 148 g/mol. The van der Waals surface area contributed by atoms with Crippen molar-refractivity contribution in [1.29, 1.82) is 0 Å². The van der Waals surface area contributed by atoms with Gasteiger partial charge in [-0.15, -0.1) is 0 Å². The molecule has 0 aliphatic rings. The molecule has 0 aliphatic heterocycles. The molecule has 0 aromatic carbocycles. The lowest BCUT2D eigenvalue weighted by molar-refractivity contribution is -0.152. The lowest BCUT2D eigenvalue weighted by Gasteiger charge is -2.20. The Morgan fingerprint density at radius 1 is 1.55 bits per heavy atom. The summed E-state index contributed by atoms with van der Waals surface area (Å²) in [4.78, 5) is 10.1.